The van der Waals surface area contributed by atoms with Crippen LogP contribution in [-0.4, -0.2) is 63.1 Å². The molecule has 7 rings (SSSR count). The molecule has 238 valence electrons. The lowest BCUT2D eigenvalue weighted by molar-refractivity contribution is -0.265. The number of aromatic nitrogens is 4. The molecular weight excluding hydrogens is 605 g/mol. The summed E-state index contributed by atoms with van der Waals surface area (Å²) in [6.07, 6.45) is 0.113. The van der Waals surface area contributed by atoms with Gasteiger partial charge in [0.25, 0.3) is 5.91 Å². The van der Waals surface area contributed by atoms with Crippen molar-refractivity contribution in [2.24, 2.45) is 5.73 Å². The maximum atomic E-state index is 14.9. The van der Waals surface area contributed by atoms with Crippen LogP contribution in [0.15, 0.2) is 54.9 Å². The van der Waals surface area contributed by atoms with Gasteiger partial charge in [-0.2, -0.15) is 18.3 Å². The van der Waals surface area contributed by atoms with Crippen molar-refractivity contribution in [2.75, 3.05) is 20.3 Å². The van der Waals surface area contributed by atoms with Gasteiger partial charge in [0.05, 0.1) is 25.4 Å². The predicted molar refractivity (Wildman–Crippen MR) is 160 cm³/mol. The van der Waals surface area contributed by atoms with Gasteiger partial charge in [-0.3, -0.25) is 14.3 Å². The van der Waals surface area contributed by atoms with Crippen LogP contribution >= 0.6 is 0 Å². The quantitative estimate of drug-likeness (QED) is 0.199. The first-order valence-corrected chi connectivity index (χ1v) is 14.5. The molecule has 46 heavy (non-hydrogen) atoms. The van der Waals surface area contributed by atoms with Gasteiger partial charge in [0.1, 0.15) is 34.7 Å². The Hall–Kier alpha value is -5.11. The molecular formula is C32H29F3N6O5. The third-order valence-electron chi connectivity index (χ3n) is 8.84. The molecule has 1 saturated carbocycles. The number of aliphatic hydroxyl groups is 1. The van der Waals surface area contributed by atoms with E-state index in [1.54, 1.807) is 35.3 Å². The molecule has 0 radical (unpaired) electrons. The topological polar surface area (TPSA) is 157 Å². The zero-order chi connectivity index (χ0) is 32.6. The van der Waals surface area contributed by atoms with Crippen molar-refractivity contribution in [1.29, 1.82) is 0 Å². The standard InChI is InChI=1S/C32H29F3N6O5/c1-30(29(36)43)15-46-27-21(30)12-24(39-26(27)17-4-3-16-7-8-37-22(16)10-17)31(44,32(33,34)35)14-38-28(42)18-9-19-13-41(20-5-6-20)40-25(19)23(11-18)45-2/h3-4,7-13,20,37,44H,5-6,14-15H2,1-2H3,(H2,36,43)(H,38,42)/t30-,31?/m0/s1. The third-order valence-corrected chi connectivity index (χ3v) is 8.84. The maximum Gasteiger partial charge on any atom is 0.424 e. The first-order valence-electron chi connectivity index (χ1n) is 14.5. The average molecular weight is 635 g/mol. The third kappa shape index (κ3) is 4.62. The number of nitrogens with zero attached hydrogens (tertiary/aromatic N) is 3. The average Bonchev–Trinajstić information content (AvgIpc) is 3.45. The number of nitrogens with two attached hydrogens (primary N) is 1. The van der Waals surface area contributed by atoms with E-state index in [0.717, 1.165) is 24.3 Å². The van der Waals surface area contributed by atoms with Gasteiger partial charge in [0, 0.05) is 40.0 Å². The number of benzene rings is 2. The van der Waals surface area contributed by atoms with Crippen molar-refractivity contribution in [3.05, 3.63) is 71.7 Å². The predicted octanol–water partition coefficient (Wildman–Crippen LogP) is 4.24. The second-order valence-electron chi connectivity index (χ2n) is 12.0. The number of H-pyrrole nitrogens is 1. The monoisotopic (exact) mass is 634 g/mol. The highest BCUT2D eigenvalue weighted by molar-refractivity contribution is 6.00. The fourth-order valence-electron chi connectivity index (χ4n) is 5.77. The van der Waals surface area contributed by atoms with Crippen LogP contribution in [0.3, 0.4) is 0 Å². The number of amides is 2. The minimum Gasteiger partial charge on any atom is -0.494 e. The molecule has 2 aliphatic rings. The highest BCUT2D eigenvalue weighted by atomic mass is 19.4. The molecule has 0 bridgehead atoms. The Kier molecular flexibility index (Phi) is 6.56. The molecule has 1 aliphatic heterocycles. The Morgan fingerprint density at radius 2 is 1.98 bits per heavy atom. The maximum absolute atomic E-state index is 14.9. The number of ether oxygens (including phenoxy) is 2. The number of aromatic amines is 1. The molecule has 5 aromatic rings. The van der Waals surface area contributed by atoms with E-state index in [2.05, 4.69) is 20.4 Å². The number of methoxy groups -OCH3 is 1. The fourth-order valence-corrected chi connectivity index (χ4v) is 5.77. The van der Waals surface area contributed by atoms with Crippen LogP contribution in [0.5, 0.6) is 11.5 Å². The molecule has 2 amide bonds. The molecule has 2 aromatic carbocycles. The number of primary amides is 1. The van der Waals surface area contributed by atoms with Gasteiger partial charge in [-0.1, -0.05) is 12.1 Å². The van der Waals surface area contributed by atoms with E-state index >= 15 is 0 Å². The molecule has 3 aromatic heterocycles. The number of carbonyl (C=O) groups is 2. The summed E-state index contributed by atoms with van der Waals surface area (Å²) in [7, 11) is 1.41. The zero-order valence-electron chi connectivity index (χ0n) is 24.7. The van der Waals surface area contributed by atoms with Gasteiger partial charge in [-0.15, -0.1) is 0 Å². The van der Waals surface area contributed by atoms with Crippen LogP contribution in [0.1, 0.15) is 47.4 Å². The Morgan fingerprint density at radius 3 is 2.67 bits per heavy atom. The van der Waals surface area contributed by atoms with Crippen molar-refractivity contribution in [3.63, 3.8) is 0 Å². The number of nitrogens with one attached hydrogen (secondary N) is 2. The van der Waals surface area contributed by atoms with Gasteiger partial charge in [0.15, 0.2) is 0 Å². The Bertz CT molecular complexity index is 2050. The van der Waals surface area contributed by atoms with Crippen LogP contribution in [0, 0.1) is 0 Å². The van der Waals surface area contributed by atoms with Crippen molar-refractivity contribution in [2.45, 2.75) is 43.0 Å². The molecule has 11 nitrogen and oxygen atoms in total. The highest BCUT2D eigenvalue weighted by Gasteiger charge is 2.57. The summed E-state index contributed by atoms with van der Waals surface area (Å²) in [6.45, 7) is -0.0678. The number of hydrogen-bond acceptors (Lipinski definition) is 7. The van der Waals surface area contributed by atoms with Crippen molar-refractivity contribution in [1.82, 2.24) is 25.1 Å². The molecule has 0 spiro atoms. The molecule has 2 atom stereocenters. The summed E-state index contributed by atoms with van der Waals surface area (Å²) in [6, 6.07) is 11.0. The Morgan fingerprint density at radius 1 is 1.20 bits per heavy atom. The van der Waals surface area contributed by atoms with E-state index in [1.165, 1.54) is 26.2 Å². The van der Waals surface area contributed by atoms with E-state index in [-0.39, 0.29) is 41.0 Å². The summed E-state index contributed by atoms with van der Waals surface area (Å²) in [5.41, 5.74) is 1.29. The first kappa shape index (κ1) is 29.6. The van der Waals surface area contributed by atoms with E-state index in [4.69, 9.17) is 15.2 Å². The molecule has 1 unspecified atom stereocenters. The first-order chi connectivity index (χ1) is 21.8. The number of halogens is 3. The van der Waals surface area contributed by atoms with Crippen molar-refractivity contribution < 1.29 is 37.3 Å². The summed E-state index contributed by atoms with van der Waals surface area (Å²) < 4.78 is 57.6. The van der Waals surface area contributed by atoms with Crippen LogP contribution in [0.2, 0.25) is 0 Å². The lowest BCUT2D eigenvalue weighted by Gasteiger charge is -2.31. The fraction of sp³-hybridized carbons (Fsp3) is 0.312. The zero-order valence-corrected chi connectivity index (χ0v) is 24.7. The minimum atomic E-state index is -5.31. The number of pyridine rings is 1. The molecule has 1 fully saturated rings. The summed E-state index contributed by atoms with van der Waals surface area (Å²) >= 11 is 0. The Labute approximate surface area is 259 Å². The number of rotatable bonds is 8. The normalized spacial score (nSPS) is 19.1. The lowest BCUT2D eigenvalue weighted by Crippen LogP contribution is -2.51. The lowest BCUT2D eigenvalue weighted by atomic mass is 9.81. The Balaban J connectivity index is 1.29. The van der Waals surface area contributed by atoms with E-state index in [9.17, 15) is 27.9 Å². The second-order valence-corrected chi connectivity index (χ2v) is 12.0. The summed E-state index contributed by atoms with van der Waals surface area (Å²) in [5, 5.41) is 19.6. The van der Waals surface area contributed by atoms with E-state index < -0.39 is 41.2 Å². The van der Waals surface area contributed by atoms with E-state index in [1.807, 2.05) is 6.07 Å². The number of fused-ring (bicyclic) bond motifs is 3. The van der Waals surface area contributed by atoms with Gasteiger partial charge in [-0.25, -0.2) is 4.98 Å². The van der Waals surface area contributed by atoms with Crippen LogP contribution in [-0.2, 0) is 15.8 Å². The highest BCUT2D eigenvalue weighted by Crippen LogP contribution is 2.48. The SMILES string of the molecule is COc1cc(C(=O)NCC(O)(c2cc3c(c(-c4ccc5cc[nH]c5c4)n2)OC[C@]3(C)C(N)=O)C(F)(F)F)cc2cn(C3CC3)nc12. The van der Waals surface area contributed by atoms with Crippen LogP contribution in [0.4, 0.5) is 13.2 Å². The second kappa shape index (κ2) is 10.2. The molecule has 5 N–H and O–H groups in total. The number of hydrogen-bond donors (Lipinski definition) is 4. The van der Waals surface area contributed by atoms with Gasteiger partial charge in [-0.05, 0) is 55.5 Å². The minimum absolute atomic E-state index is 0.0146. The molecule has 1 aliphatic carbocycles. The number of alkyl halides is 3. The van der Waals surface area contributed by atoms with Crippen LogP contribution in [0.25, 0.3) is 33.1 Å². The van der Waals surface area contributed by atoms with Gasteiger partial charge < -0.3 is 30.6 Å². The van der Waals surface area contributed by atoms with Gasteiger partial charge in [0.2, 0.25) is 11.5 Å². The smallest absolute Gasteiger partial charge is 0.424 e. The largest absolute Gasteiger partial charge is 0.494 e. The van der Waals surface area contributed by atoms with E-state index in [0.29, 0.717) is 22.0 Å². The molecule has 14 heteroatoms. The number of carbonyl (C=O) groups excluding carboxylic acids is 2. The molecule has 4 heterocycles. The summed E-state index contributed by atoms with van der Waals surface area (Å²) in [5.74, 6) is -1.35. The van der Waals surface area contributed by atoms with Gasteiger partial charge >= 0.3 is 6.18 Å². The van der Waals surface area contributed by atoms with Crippen molar-refractivity contribution >= 4 is 33.6 Å². The van der Waals surface area contributed by atoms with Crippen LogP contribution < -0.4 is 20.5 Å². The molecule has 0 saturated heterocycles. The van der Waals surface area contributed by atoms with Crippen molar-refractivity contribution in [3.8, 4) is 22.8 Å². The summed E-state index contributed by atoms with van der Waals surface area (Å²) in [4.78, 5) is 33.2.